The van der Waals surface area contributed by atoms with E-state index in [0.717, 1.165) is 37.9 Å². The van der Waals surface area contributed by atoms with E-state index in [-0.39, 0.29) is 11.3 Å². The van der Waals surface area contributed by atoms with Gasteiger partial charge >= 0.3 is 0 Å². The zero-order valence-electron chi connectivity index (χ0n) is 15.6. The van der Waals surface area contributed by atoms with E-state index in [1.165, 1.54) is 24.1 Å². The van der Waals surface area contributed by atoms with E-state index in [1.807, 2.05) is 7.05 Å². The highest BCUT2D eigenvalue weighted by Crippen LogP contribution is 2.61. The number of nitrogens with one attached hydrogen (secondary N) is 2. The topological polar surface area (TPSA) is 79.6 Å². The minimum atomic E-state index is -0.644. The molecule has 2 fully saturated rings. The normalized spacial score (nSPS) is 32.4. The first-order valence-electron chi connectivity index (χ1n) is 9.87. The Morgan fingerprint density at radius 1 is 1.38 bits per heavy atom. The van der Waals surface area contributed by atoms with Gasteiger partial charge in [0, 0.05) is 31.9 Å². The van der Waals surface area contributed by atoms with Gasteiger partial charge in [-0.25, -0.2) is 0 Å². The number of nitrogens with zero attached hydrogens (tertiary/aromatic N) is 1. The number of ether oxygens (including phenoxy) is 1. The third kappa shape index (κ3) is 2.76. The van der Waals surface area contributed by atoms with Crippen molar-refractivity contribution in [2.75, 3.05) is 20.1 Å². The highest BCUT2D eigenvalue weighted by atomic mass is 16.5. The fraction of sp³-hybridized carbons (Fsp3) is 0.650. The predicted octanol–water partition coefficient (Wildman–Crippen LogP) is 2.07. The van der Waals surface area contributed by atoms with Crippen LogP contribution in [-0.4, -0.2) is 36.7 Å². The van der Waals surface area contributed by atoms with Crippen LogP contribution >= 0.6 is 0 Å². The molecule has 3 aliphatic heterocycles. The summed E-state index contributed by atoms with van der Waals surface area (Å²) >= 11 is 0. The number of rotatable bonds is 5. The molecular formula is C20H30N4O2. The van der Waals surface area contributed by atoms with Gasteiger partial charge in [0.25, 0.3) is 0 Å². The van der Waals surface area contributed by atoms with Gasteiger partial charge in [0.15, 0.2) is 5.72 Å². The SMILES string of the molecule is CNC1(CC(=O)NCCN)CC23CCCCC2=CN2C=CCCC2=C3O1. The average molecular weight is 358 g/mol. The maximum absolute atomic E-state index is 12.4. The highest BCUT2D eigenvalue weighted by Gasteiger charge is 2.58. The van der Waals surface area contributed by atoms with E-state index in [4.69, 9.17) is 10.5 Å². The second-order valence-corrected chi connectivity index (χ2v) is 7.89. The number of carbonyl (C=O) groups excluding carboxylic acids is 1. The monoisotopic (exact) mass is 358 g/mol. The van der Waals surface area contributed by atoms with Crippen molar-refractivity contribution in [2.45, 2.75) is 57.1 Å². The molecule has 1 spiro atoms. The maximum atomic E-state index is 12.4. The summed E-state index contributed by atoms with van der Waals surface area (Å²) in [7, 11) is 1.90. The fourth-order valence-corrected chi connectivity index (χ4v) is 5.03. The molecule has 0 aromatic rings. The largest absolute Gasteiger partial charge is 0.474 e. The van der Waals surface area contributed by atoms with E-state index >= 15 is 0 Å². The van der Waals surface area contributed by atoms with E-state index in [0.29, 0.717) is 19.5 Å². The maximum Gasteiger partial charge on any atom is 0.225 e. The Morgan fingerprint density at radius 2 is 2.27 bits per heavy atom. The van der Waals surface area contributed by atoms with Crippen molar-refractivity contribution in [1.29, 1.82) is 0 Å². The molecule has 0 aromatic heterocycles. The molecule has 4 aliphatic rings. The molecule has 6 nitrogen and oxygen atoms in total. The highest BCUT2D eigenvalue weighted by molar-refractivity contribution is 5.77. The molecule has 2 unspecified atom stereocenters. The van der Waals surface area contributed by atoms with Gasteiger partial charge in [-0.1, -0.05) is 12.5 Å². The Kier molecular flexibility index (Phi) is 4.57. The van der Waals surface area contributed by atoms with Crippen molar-refractivity contribution in [3.8, 4) is 0 Å². The van der Waals surface area contributed by atoms with Crippen molar-refractivity contribution in [1.82, 2.24) is 15.5 Å². The molecule has 3 heterocycles. The van der Waals surface area contributed by atoms with E-state index < -0.39 is 5.72 Å². The lowest BCUT2D eigenvalue weighted by molar-refractivity contribution is -0.127. The third-order valence-corrected chi connectivity index (χ3v) is 6.28. The van der Waals surface area contributed by atoms with E-state index in [9.17, 15) is 4.79 Å². The molecule has 26 heavy (non-hydrogen) atoms. The summed E-state index contributed by atoms with van der Waals surface area (Å²) in [6.45, 7) is 0.952. The molecule has 1 saturated carbocycles. The van der Waals surface area contributed by atoms with Gasteiger partial charge in [0.05, 0.1) is 17.5 Å². The summed E-state index contributed by atoms with van der Waals surface area (Å²) in [6.07, 6.45) is 14.6. The molecule has 142 valence electrons. The van der Waals surface area contributed by atoms with Crippen LogP contribution in [0.1, 0.15) is 51.4 Å². The summed E-state index contributed by atoms with van der Waals surface area (Å²) in [5, 5.41) is 6.24. The number of allylic oxidation sites excluding steroid dienone is 3. The van der Waals surface area contributed by atoms with Gasteiger partial charge in [-0.2, -0.15) is 0 Å². The van der Waals surface area contributed by atoms with Gasteiger partial charge in [0.2, 0.25) is 5.91 Å². The number of amides is 1. The Labute approximate surface area is 155 Å². The molecule has 6 heteroatoms. The van der Waals surface area contributed by atoms with Crippen LogP contribution in [0.25, 0.3) is 0 Å². The molecule has 0 aromatic carbocycles. The van der Waals surface area contributed by atoms with Crippen molar-refractivity contribution >= 4 is 5.91 Å². The lowest BCUT2D eigenvalue weighted by Crippen LogP contribution is -2.47. The van der Waals surface area contributed by atoms with Crippen LogP contribution in [0.3, 0.4) is 0 Å². The minimum Gasteiger partial charge on any atom is -0.474 e. The lowest BCUT2D eigenvalue weighted by atomic mass is 9.65. The van der Waals surface area contributed by atoms with Crippen LogP contribution < -0.4 is 16.4 Å². The molecule has 1 amide bonds. The fourth-order valence-electron chi connectivity index (χ4n) is 5.03. The van der Waals surface area contributed by atoms with Gasteiger partial charge in [-0.15, -0.1) is 0 Å². The Morgan fingerprint density at radius 3 is 3.08 bits per heavy atom. The van der Waals surface area contributed by atoms with Crippen LogP contribution in [0.4, 0.5) is 0 Å². The molecule has 0 radical (unpaired) electrons. The Hall–Kier alpha value is -1.79. The molecule has 1 saturated heterocycles. The summed E-state index contributed by atoms with van der Waals surface area (Å²) in [4.78, 5) is 14.7. The van der Waals surface area contributed by atoms with E-state index in [2.05, 4.69) is 34.0 Å². The lowest BCUT2D eigenvalue weighted by Gasteiger charge is -2.42. The van der Waals surface area contributed by atoms with Gasteiger partial charge in [-0.05, 0) is 44.7 Å². The summed E-state index contributed by atoms with van der Waals surface area (Å²) in [5.74, 6) is 1.10. The zero-order chi connectivity index (χ0) is 18.2. The van der Waals surface area contributed by atoms with Crippen molar-refractivity contribution in [2.24, 2.45) is 11.1 Å². The van der Waals surface area contributed by atoms with Crippen LogP contribution in [0.2, 0.25) is 0 Å². The quantitative estimate of drug-likeness (QED) is 0.701. The third-order valence-electron chi connectivity index (χ3n) is 6.28. The Bertz CT molecular complexity index is 683. The van der Waals surface area contributed by atoms with Gasteiger partial charge in [0.1, 0.15) is 5.76 Å². The number of carbonyl (C=O) groups is 1. The summed E-state index contributed by atoms with van der Waals surface area (Å²) < 4.78 is 6.64. The molecule has 4 rings (SSSR count). The van der Waals surface area contributed by atoms with Crippen LogP contribution in [0, 0.1) is 5.41 Å². The first-order valence-corrected chi connectivity index (χ1v) is 9.87. The number of nitrogens with two attached hydrogens (primary N) is 1. The van der Waals surface area contributed by atoms with Crippen molar-refractivity contribution in [3.63, 3.8) is 0 Å². The van der Waals surface area contributed by atoms with Gasteiger partial charge in [-0.3, -0.25) is 10.1 Å². The second-order valence-electron chi connectivity index (χ2n) is 7.89. The number of fused-ring (bicyclic) bond motifs is 1. The van der Waals surface area contributed by atoms with Crippen LogP contribution in [0.5, 0.6) is 0 Å². The van der Waals surface area contributed by atoms with Crippen molar-refractivity contribution < 1.29 is 9.53 Å². The van der Waals surface area contributed by atoms with E-state index in [1.54, 1.807) is 0 Å². The standard InChI is InChI=1S/C20H30N4O2/c1-22-20(12-17(25)23-10-9-21)14-19-8-4-2-6-15(19)13-24-11-5-3-7-16(24)18(19)26-20/h5,11,13,22H,2-4,6-10,12,14,21H2,1H3,(H,23,25). The van der Waals surface area contributed by atoms with Crippen LogP contribution in [-0.2, 0) is 9.53 Å². The average Bonchev–Trinajstić information content (AvgIpc) is 2.99. The molecule has 2 atom stereocenters. The minimum absolute atomic E-state index is 0.00724. The summed E-state index contributed by atoms with van der Waals surface area (Å²) in [5.41, 5.74) is 7.58. The Balaban J connectivity index is 1.69. The first-order chi connectivity index (χ1) is 12.6. The zero-order valence-corrected chi connectivity index (χ0v) is 15.6. The predicted molar refractivity (Wildman–Crippen MR) is 100 cm³/mol. The van der Waals surface area contributed by atoms with Gasteiger partial charge < -0.3 is 20.7 Å². The molecule has 4 N–H and O–H groups in total. The molecule has 1 aliphatic carbocycles. The second kappa shape index (κ2) is 6.74. The number of hydrogen-bond acceptors (Lipinski definition) is 5. The smallest absolute Gasteiger partial charge is 0.225 e. The number of hydrogen-bond donors (Lipinski definition) is 3. The molecule has 0 bridgehead atoms. The summed E-state index contributed by atoms with van der Waals surface area (Å²) in [6, 6.07) is 0. The molecular weight excluding hydrogens is 328 g/mol. The van der Waals surface area contributed by atoms with Crippen molar-refractivity contribution in [3.05, 3.63) is 35.5 Å². The van der Waals surface area contributed by atoms with Crippen LogP contribution in [0.15, 0.2) is 35.5 Å². The first kappa shape index (κ1) is 17.6.